The number of nitrogens with one attached hydrogen (secondary N) is 2. The molecule has 2 atom stereocenters. The van der Waals surface area contributed by atoms with Gasteiger partial charge in [0.1, 0.15) is 5.82 Å². The Hall–Kier alpha value is -2.31. The van der Waals surface area contributed by atoms with Gasteiger partial charge in [-0.25, -0.2) is 4.98 Å². The van der Waals surface area contributed by atoms with Crippen LogP contribution in [-0.4, -0.2) is 61.6 Å². The van der Waals surface area contributed by atoms with E-state index in [-0.39, 0.29) is 17.8 Å². The van der Waals surface area contributed by atoms with Crippen molar-refractivity contribution in [3.8, 4) is 0 Å². The molecule has 2 heterocycles. The van der Waals surface area contributed by atoms with Gasteiger partial charge < -0.3 is 20.3 Å². The lowest BCUT2D eigenvalue weighted by atomic mass is 9.99. The number of methoxy groups -OCH3 is 1. The second kappa shape index (κ2) is 10.6. The molecule has 2 rings (SSSR count). The van der Waals surface area contributed by atoms with Gasteiger partial charge in [0.05, 0.1) is 13.0 Å². The molecule has 0 saturated carbocycles. The molecule has 0 spiro atoms. The van der Waals surface area contributed by atoms with E-state index in [1.807, 2.05) is 18.2 Å². The molecular weight excluding hydrogens is 330 g/mol. The molecule has 0 aliphatic carbocycles. The lowest BCUT2D eigenvalue weighted by Crippen LogP contribution is -2.40. The second-order valence-corrected chi connectivity index (χ2v) is 6.60. The van der Waals surface area contributed by atoms with Crippen LogP contribution in [0.2, 0.25) is 0 Å². The fraction of sp³-hybridized carbons (Fsp3) is 0.632. The molecule has 1 saturated heterocycles. The zero-order valence-corrected chi connectivity index (χ0v) is 16.1. The molecule has 144 valence electrons. The fourth-order valence-corrected chi connectivity index (χ4v) is 3.13. The number of rotatable bonds is 8. The predicted octanol–water partition coefficient (Wildman–Crippen LogP) is 1.98. The summed E-state index contributed by atoms with van der Waals surface area (Å²) in [4.78, 5) is 23.0. The van der Waals surface area contributed by atoms with Crippen molar-refractivity contribution in [2.24, 2.45) is 16.8 Å². The van der Waals surface area contributed by atoms with Gasteiger partial charge in [-0.15, -0.1) is 0 Å². The summed E-state index contributed by atoms with van der Waals surface area (Å²) in [6.07, 6.45) is 3.81. The number of nitrogens with zero attached hydrogens (tertiary/aromatic N) is 3. The van der Waals surface area contributed by atoms with Crippen LogP contribution < -0.4 is 10.6 Å². The number of hydrogen-bond donors (Lipinski definition) is 2. The highest BCUT2D eigenvalue weighted by Crippen LogP contribution is 2.24. The van der Waals surface area contributed by atoms with Gasteiger partial charge in [-0.1, -0.05) is 13.0 Å². The number of ether oxygens (including phenoxy) is 1. The maximum atomic E-state index is 11.9. The lowest BCUT2D eigenvalue weighted by molar-refractivity contribution is -0.145. The van der Waals surface area contributed by atoms with E-state index >= 15 is 0 Å². The average Bonchev–Trinajstić information content (AvgIpc) is 3.05. The molecule has 0 aromatic carbocycles. The zero-order valence-electron chi connectivity index (χ0n) is 16.1. The fourth-order valence-electron chi connectivity index (χ4n) is 3.13. The Bertz CT molecular complexity index is 579. The highest BCUT2D eigenvalue weighted by atomic mass is 16.5. The third kappa shape index (κ3) is 5.89. The van der Waals surface area contributed by atoms with Gasteiger partial charge in [0.2, 0.25) is 0 Å². The monoisotopic (exact) mass is 361 g/mol. The number of aliphatic imine (C=N–C) groups is 1. The Morgan fingerprint density at radius 2 is 2.23 bits per heavy atom. The average molecular weight is 361 g/mol. The van der Waals surface area contributed by atoms with Crippen LogP contribution >= 0.6 is 0 Å². The van der Waals surface area contributed by atoms with Crippen LogP contribution in [0.15, 0.2) is 29.4 Å². The topological polar surface area (TPSA) is 78.9 Å². The van der Waals surface area contributed by atoms with Crippen molar-refractivity contribution in [2.75, 3.05) is 45.2 Å². The van der Waals surface area contributed by atoms with Crippen molar-refractivity contribution in [2.45, 2.75) is 26.7 Å². The van der Waals surface area contributed by atoms with E-state index < -0.39 is 0 Å². The first kappa shape index (κ1) is 20.0. The van der Waals surface area contributed by atoms with Gasteiger partial charge in [0.25, 0.3) is 0 Å². The number of unbranched alkanes of at least 4 members (excludes halogenated alkanes) is 1. The predicted molar refractivity (Wildman–Crippen MR) is 104 cm³/mol. The van der Waals surface area contributed by atoms with E-state index in [1.54, 1.807) is 6.20 Å². The molecule has 1 fully saturated rings. The van der Waals surface area contributed by atoms with Crippen molar-refractivity contribution in [1.82, 2.24) is 15.2 Å². The highest BCUT2D eigenvalue weighted by molar-refractivity contribution is 5.82. The Kier molecular flexibility index (Phi) is 8.18. The summed E-state index contributed by atoms with van der Waals surface area (Å²) < 4.78 is 4.92. The van der Waals surface area contributed by atoms with Gasteiger partial charge in [0, 0.05) is 38.9 Å². The quantitative estimate of drug-likeness (QED) is 0.319. The van der Waals surface area contributed by atoms with Crippen molar-refractivity contribution < 1.29 is 9.53 Å². The van der Waals surface area contributed by atoms with Crippen LogP contribution in [0.4, 0.5) is 5.82 Å². The van der Waals surface area contributed by atoms with Gasteiger partial charge in [-0.05, 0) is 37.8 Å². The van der Waals surface area contributed by atoms with Crippen molar-refractivity contribution >= 4 is 17.7 Å². The Morgan fingerprint density at radius 3 is 2.92 bits per heavy atom. The van der Waals surface area contributed by atoms with Crippen LogP contribution in [0.3, 0.4) is 0 Å². The maximum absolute atomic E-state index is 11.9. The molecule has 0 bridgehead atoms. The third-order valence-corrected chi connectivity index (χ3v) is 4.57. The van der Waals surface area contributed by atoms with Gasteiger partial charge in [0.15, 0.2) is 5.96 Å². The minimum absolute atomic E-state index is 0.0774. The molecule has 7 nitrogen and oxygen atoms in total. The smallest absolute Gasteiger partial charge is 0.310 e. The number of guanidine groups is 1. The SMILES string of the molecule is CCNC(=NCCCCNc1ccccn1)N1CC(C)C(C(=O)OC)C1. The summed E-state index contributed by atoms with van der Waals surface area (Å²) in [6.45, 7) is 8.11. The minimum Gasteiger partial charge on any atom is -0.469 e. The molecule has 0 amide bonds. The summed E-state index contributed by atoms with van der Waals surface area (Å²) in [5.74, 6) is 1.87. The van der Waals surface area contributed by atoms with Crippen molar-refractivity contribution in [3.05, 3.63) is 24.4 Å². The molecule has 2 N–H and O–H groups in total. The van der Waals surface area contributed by atoms with Gasteiger partial charge >= 0.3 is 5.97 Å². The maximum Gasteiger partial charge on any atom is 0.310 e. The zero-order chi connectivity index (χ0) is 18.8. The number of carbonyl (C=O) groups is 1. The van der Waals surface area contributed by atoms with Crippen molar-refractivity contribution in [3.63, 3.8) is 0 Å². The number of esters is 1. The van der Waals surface area contributed by atoms with E-state index in [0.29, 0.717) is 6.54 Å². The van der Waals surface area contributed by atoms with Crippen molar-refractivity contribution in [1.29, 1.82) is 0 Å². The summed E-state index contributed by atoms with van der Waals surface area (Å²) >= 11 is 0. The standard InChI is InChI=1S/C19H31N5O2/c1-4-20-19(24-13-15(2)16(14-24)18(25)26-3)23-12-8-7-11-22-17-9-5-6-10-21-17/h5-6,9-10,15-16H,4,7-8,11-14H2,1-3H3,(H,20,23)(H,21,22). The first-order valence-electron chi connectivity index (χ1n) is 9.41. The molecule has 1 aliphatic rings. The molecule has 1 aliphatic heterocycles. The van der Waals surface area contributed by atoms with E-state index in [2.05, 4.69) is 34.4 Å². The molecule has 26 heavy (non-hydrogen) atoms. The van der Waals surface area contributed by atoms with E-state index in [1.165, 1.54) is 7.11 Å². The van der Waals surface area contributed by atoms with Crippen LogP contribution in [0, 0.1) is 11.8 Å². The van der Waals surface area contributed by atoms with Crippen LogP contribution in [0.5, 0.6) is 0 Å². The Morgan fingerprint density at radius 1 is 1.38 bits per heavy atom. The van der Waals surface area contributed by atoms with Crippen LogP contribution in [0.25, 0.3) is 0 Å². The molecule has 1 aromatic heterocycles. The molecule has 2 unspecified atom stereocenters. The van der Waals surface area contributed by atoms with Crippen LogP contribution in [-0.2, 0) is 9.53 Å². The Labute approximate surface area is 156 Å². The second-order valence-electron chi connectivity index (χ2n) is 6.60. The molecule has 0 radical (unpaired) electrons. The van der Waals surface area contributed by atoms with Crippen LogP contribution in [0.1, 0.15) is 26.7 Å². The summed E-state index contributed by atoms with van der Waals surface area (Å²) in [5, 5.41) is 6.64. The van der Waals surface area contributed by atoms with E-state index in [9.17, 15) is 4.79 Å². The van der Waals surface area contributed by atoms with Gasteiger partial charge in [-0.3, -0.25) is 9.79 Å². The number of hydrogen-bond acceptors (Lipinski definition) is 5. The number of pyridine rings is 1. The largest absolute Gasteiger partial charge is 0.469 e. The summed E-state index contributed by atoms with van der Waals surface area (Å²) in [6, 6.07) is 5.85. The minimum atomic E-state index is -0.128. The summed E-state index contributed by atoms with van der Waals surface area (Å²) in [7, 11) is 1.45. The molecular formula is C19H31N5O2. The first-order chi connectivity index (χ1) is 12.7. The molecule has 1 aromatic rings. The number of carbonyl (C=O) groups excluding carboxylic acids is 1. The van der Waals surface area contributed by atoms with Gasteiger partial charge in [-0.2, -0.15) is 0 Å². The van der Waals surface area contributed by atoms with E-state index in [4.69, 9.17) is 9.73 Å². The normalized spacial score (nSPS) is 20.1. The highest BCUT2D eigenvalue weighted by Gasteiger charge is 2.36. The molecule has 7 heteroatoms. The number of anilines is 1. The van der Waals surface area contributed by atoms with E-state index in [0.717, 1.165) is 50.8 Å². The third-order valence-electron chi connectivity index (χ3n) is 4.57. The summed E-state index contributed by atoms with van der Waals surface area (Å²) in [5.41, 5.74) is 0. The Balaban J connectivity index is 1.77. The lowest BCUT2D eigenvalue weighted by Gasteiger charge is -2.21. The number of likely N-dealkylation sites (tertiary alicyclic amines) is 1. The first-order valence-corrected chi connectivity index (χ1v) is 9.41. The number of aromatic nitrogens is 1.